The van der Waals surface area contributed by atoms with E-state index in [2.05, 4.69) is 26.7 Å². The highest BCUT2D eigenvalue weighted by Gasteiger charge is 2.17. The molecule has 0 aliphatic rings. The molecular weight excluding hydrogens is 352 g/mol. The number of ketones is 1. The smallest absolute Gasteiger partial charge is 0.263 e. The van der Waals surface area contributed by atoms with Crippen molar-refractivity contribution in [2.75, 3.05) is 0 Å². The molecule has 0 atom stereocenters. The van der Waals surface area contributed by atoms with Gasteiger partial charge < -0.3 is 4.57 Å². The summed E-state index contributed by atoms with van der Waals surface area (Å²) in [5.41, 5.74) is 3.84. The first-order chi connectivity index (χ1) is 13.5. The Morgan fingerprint density at radius 2 is 1.82 bits per heavy atom. The van der Waals surface area contributed by atoms with Gasteiger partial charge in [0, 0.05) is 29.7 Å². The lowest BCUT2D eigenvalue weighted by molar-refractivity contribution is 0.0970. The third-order valence-electron chi connectivity index (χ3n) is 4.97. The molecule has 0 bridgehead atoms. The zero-order chi connectivity index (χ0) is 19.7. The third kappa shape index (κ3) is 3.24. The Morgan fingerprint density at radius 1 is 1.04 bits per heavy atom. The maximum absolute atomic E-state index is 12.9. The van der Waals surface area contributed by atoms with Crippen LogP contribution in [-0.2, 0) is 13.1 Å². The summed E-state index contributed by atoms with van der Waals surface area (Å²) >= 11 is 0. The van der Waals surface area contributed by atoms with Crippen molar-refractivity contribution >= 4 is 16.8 Å². The van der Waals surface area contributed by atoms with Crippen LogP contribution in [0.4, 0.5) is 0 Å². The minimum atomic E-state index is -0.260. The minimum Gasteiger partial charge on any atom is -0.344 e. The molecule has 28 heavy (non-hydrogen) atoms. The average Bonchev–Trinajstić information content (AvgIpc) is 2.99. The Morgan fingerprint density at radius 3 is 2.61 bits per heavy atom. The molecule has 0 amide bonds. The fourth-order valence-electron chi connectivity index (χ4n) is 3.44. The molecule has 3 aromatic heterocycles. The van der Waals surface area contributed by atoms with Gasteiger partial charge in [-0.3, -0.25) is 14.2 Å². The van der Waals surface area contributed by atoms with Crippen molar-refractivity contribution in [1.82, 2.24) is 19.1 Å². The van der Waals surface area contributed by atoms with E-state index in [4.69, 9.17) is 0 Å². The number of fused-ring (bicyclic) bond motifs is 1. The molecule has 0 unspecified atom stereocenters. The topological polar surface area (TPSA) is 69.8 Å². The van der Waals surface area contributed by atoms with Gasteiger partial charge in [-0.2, -0.15) is 0 Å². The lowest BCUT2D eigenvalue weighted by atomic mass is 10.1. The van der Waals surface area contributed by atoms with Crippen molar-refractivity contribution in [3.8, 4) is 0 Å². The quantitative estimate of drug-likeness (QED) is 0.505. The zero-order valence-corrected chi connectivity index (χ0v) is 15.8. The van der Waals surface area contributed by atoms with E-state index >= 15 is 0 Å². The van der Waals surface area contributed by atoms with Gasteiger partial charge in [0.05, 0.1) is 11.9 Å². The molecule has 0 spiro atoms. The molecule has 0 saturated carbocycles. The number of nitrogens with zero attached hydrogens (tertiary/aromatic N) is 4. The van der Waals surface area contributed by atoms with Gasteiger partial charge in [-0.25, -0.2) is 9.97 Å². The van der Waals surface area contributed by atoms with Crippen LogP contribution in [0, 0.1) is 13.8 Å². The summed E-state index contributed by atoms with van der Waals surface area (Å²) in [6.45, 7) is 4.58. The SMILES string of the molecule is Cc1cc(C(=O)Cn2cnc3ncccc3c2=O)c(C)n1Cc1ccccc1. The lowest BCUT2D eigenvalue weighted by Crippen LogP contribution is -2.25. The van der Waals surface area contributed by atoms with Gasteiger partial charge in [0.2, 0.25) is 0 Å². The van der Waals surface area contributed by atoms with Crippen LogP contribution in [0.2, 0.25) is 0 Å². The second-order valence-corrected chi connectivity index (χ2v) is 6.83. The molecule has 0 aliphatic heterocycles. The van der Waals surface area contributed by atoms with Crippen LogP contribution in [0.3, 0.4) is 0 Å². The molecule has 4 rings (SSSR count). The molecule has 0 fully saturated rings. The predicted octanol–water partition coefficient (Wildman–Crippen LogP) is 3.14. The molecule has 0 radical (unpaired) electrons. The fraction of sp³-hybridized carbons (Fsp3) is 0.182. The monoisotopic (exact) mass is 372 g/mol. The van der Waals surface area contributed by atoms with Crippen molar-refractivity contribution in [3.05, 3.63) is 93.9 Å². The normalized spacial score (nSPS) is 11.1. The maximum atomic E-state index is 12.9. The highest BCUT2D eigenvalue weighted by atomic mass is 16.1. The predicted molar refractivity (Wildman–Crippen MR) is 108 cm³/mol. The zero-order valence-electron chi connectivity index (χ0n) is 15.8. The number of benzene rings is 1. The first-order valence-electron chi connectivity index (χ1n) is 9.08. The van der Waals surface area contributed by atoms with E-state index in [0.717, 1.165) is 11.4 Å². The van der Waals surface area contributed by atoms with Crippen molar-refractivity contribution in [1.29, 1.82) is 0 Å². The molecule has 6 nitrogen and oxygen atoms in total. The molecule has 1 aromatic carbocycles. The van der Waals surface area contributed by atoms with Crippen molar-refractivity contribution in [2.45, 2.75) is 26.9 Å². The summed E-state index contributed by atoms with van der Waals surface area (Å²) < 4.78 is 3.46. The Bertz CT molecular complexity index is 1220. The van der Waals surface area contributed by atoms with Crippen LogP contribution >= 0.6 is 0 Å². The number of hydrogen-bond donors (Lipinski definition) is 0. The second kappa shape index (κ2) is 7.23. The Labute approximate surface area is 162 Å². The number of carbonyl (C=O) groups excluding carboxylic acids is 1. The summed E-state index contributed by atoms with van der Waals surface area (Å²) in [6.07, 6.45) is 2.98. The Hall–Kier alpha value is -3.54. The van der Waals surface area contributed by atoms with Gasteiger partial charge in [0.1, 0.15) is 6.33 Å². The van der Waals surface area contributed by atoms with Crippen LogP contribution < -0.4 is 5.56 Å². The average molecular weight is 372 g/mol. The second-order valence-electron chi connectivity index (χ2n) is 6.83. The van der Waals surface area contributed by atoms with Crippen LogP contribution in [0.1, 0.15) is 27.3 Å². The molecule has 4 aromatic rings. The molecule has 0 saturated heterocycles. The largest absolute Gasteiger partial charge is 0.344 e. The van der Waals surface area contributed by atoms with Crippen molar-refractivity contribution in [3.63, 3.8) is 0 Å². The number of carbonyl (C=O) groups is 1. The highest BCUT2D eigenvalue weighted by Crippen LogP contribution is 2.18. The Kier molecular flexibility index (Phi) is 4.61. The first-order valence-corrected chi connectivity index (χ1v) is 9.08. The molecule has 6 heteroatoms. The van der Waals surface area contributed by atoms with Crippen LogP contribution in [0.25, 0.3) is 11.0 Å². The number of aryl methyl sites for hydroxylation is 1. The van der Waals surface area contributed by atoms with Crippen LogP contribution in [0.5, 0.6) is 0 Å². The van der Waals surface area contributed by atoms with Gasteiger partial charge in [0.25, 0.3) is 5.56 Å². The molecule has 3 heterocycles. The summed E-state index contributed by atoms with van der Waals surface area (Å²) in [7, 11) is 0. The number of aromatic nitrogens is 4. The van der Waals surface area contributed by atoms with E-state index in [0.29, 0.717) is 23.1 Å². The van der Waals surface area contributed by atoms with Crippen LogP contribution in [0.15, 0.2) is 65.8 Å². The highest BCUT2D eigenvalue weighted by molar-refractivity contribution is 5.97. The number of hydrogen-bond acceptors (Lipinski definition) is 4. The first kappa shape index (κ1) is 17.9. The van der Waals surface area contributed by atoms with Gasteiger partial charge >= 0.3 is 0 Å². The van der Waals surface area contributed by atoms with E-state index < -0.39 is 0 Å². The number of Topliss-reactive ketones (excluding diaryl/α,β-unsaturated/α-hetero) is 1. The van der Waals surface area contributed by atoms with Gasteiger partial charge in [-0.1, -0.05) is 30.3 Å². The molecule has 0 N–H and O–H groups in total. The van der Waals surface area contributed by atoms with Crippen molar-refractivity contribution < 1.29 is 4.79 Å². The lowest BCUT2D eigenvalue weighted by Gasteiger charge is -2.10. The Balaban J connectivity index is 1.63. The molecular formula is C22H20N4O2. The molecule has 0 aliphatic carbocycles. The summed E-state index contributed by atoms with van der Waals surface area (Å²) in [5.74, 6) is -0.112. The van der Waals surface area contributed by atoms with E-state index in [1.807, 2.05) is 38.1 Å². The summed E-state index contributed by atoms with van der Waals surface area (Å²) in [6, 6.07) is 15.4. The summed E-state index contributed by atoms with van der Waals surface area (Å²) in [5, 5.41) is 0.410. The maximum Gasteiger partial charge on any atom is 0.263 e. The van der Waals surface area contributed by atoms with E-state index in [9.17, 15) is 9.59 Å². The van der Waals surface area contributed by atoms with E-state index in [-0.39, 0.29) is 17.9 Å². The van der Waals surface area contributed by atoms with Gasteiger partial charge in [-0.15, -0.1) is 0 Å². The third-order valence-corrected chi connectivity index (χ3v) is 4.97. The van der Waals surface area contributed by atoms with Crippen LogP contribution in [-0.4, -0.2) is 24.9 Å². The summed E-state index contributed by atoms with van der Waals surface area (Å²) in [4.78, 5) is 33.8. The standard InChI is InChI=1S/C22H20N4O2/c1-15-11-19(16(2)26(15)12-17-7-4-3-5-8-17)20(27)13-25-14-24-21-18(22(25)28)9-6-10-23-21/h3-11,14H,12-13H2,1-2H3. The van der Waals surface area contributed by atoms with Crippen molar-refractivity contribution in [2.24, 2.45) is 0 Å². The van der Waals surface area contributed by atoms with E-state index in [1.54, 1.807) is 18.3 Å². The molecule has 140 valence electrons. The number of rotatable bonds is 5. The van der Waals surface area contributed by atoms with Gasteiger partial charge in [0.15, 0.2) is 11.4 Å². The number of pyridine rings is 1. The fourth-order valence-corrected chi connectivity index (χ4v) is 3.44. The van der Waals surface area contributed by atoms with Gasteiger partial charge in [-0.05, 0) is 37.6 Å². The van der Waals surface area contributed by atoms with E-state index in [1.165, 1.54) is 16.5 Å². The minimum absolute atomic E-state index is 0.0493.